The third kappa shape index (κ3) is 2.78. The Labute approximate surface area is 134 Å². The minimum absolute atomic E-state index is 0.274. The number of amides is 1. The Balaban J connectivity index is 1.84. The second kappa shape index (κ2) is 5.61. The number of hydrogen-bond donors (Lipinski definition) is 2. The van der Waals surface area contributed by atoms with Gasteiger partial charge in [0.1, 0.15) is 23.0 Å². The highest BCUT2D eigenvalue weighted by Gasteiger charge is 2.17. The molecule has 1 unspecified atom stereocenters. The summed E-state index contributed by atoms with van der Waals surface area (Å²) in [6, 6.07) is 7.99. The Hall–Kier alpha value is -2.08. The summed E-state index contributed by atoms with van der Waals surface area (Å²) in [6.45, 7) is 3.67. The number of nitrogens with one attached hydrogen (secondary N) is 2. The molecule has 0 saturated carbocycles. The van der Waals surface area contributed by atoms with E-state index in [1.165, 1.54) is 12.1 Å². The van der Waals surface area contributed by atoms with Crippen molar-refractivity contribution < 1.29 is 13.6 Å². The second-order valence-corrected chi connectivity index (χ2v) is 6.09. The zero-order valence-electron chi connectivity index (χ0n) is 12.0. The molecule has 0 radical (unpaired) electrons. The van der Waals surface area contributed by atoms with Crippen molar-refractivity contribution in [3.05, 3.63) is 57.8 Å². The van der Waals surface area contributed by atoms with Crippen molar-refractivity contribution >= 4 is 32.7 Å². The molecule has 0 aliphatic rings. The topological polar surface area (TPSA) is 58.0 Å². The Bertz CT molecular complexity index is 853. The molecule has 22 heavy (non-hydrogen) atoms. The Morgan fingerprint density at radius 2 is 2.14 bits per heavy atom. The van der Waals surface area contributed by atoms with Gasteiger partial charge in [0, 0.05) is 9.86 Å². The summed E-state index contributed by atoms with van der Waals surface area (Å²) in [7, 11) is 0. The summed E-state index contributed by atoms with van der Waals surface area (Å²) in [5, 5.41) is 3.21. The molecule has 0 spiro atoms. The van der Waals surface area contributed by atoms with Crippen LogP contribution in [0.5, 0.6) is 0 Å². The second-order valence-electron chi connectivity index (χ2n) is 5.18. The van der Waals surface area contributed by atoms with E-state index >= 15 is 0 Å². The van der Waals surface area contributed by atoms with Crippen molar-refractivity contribution in [3.63, 3.8) is 0 Å². The number of fused-ring (bicyclic) bond motifs is 1. The molecule has 6 heteroatoms. The number of benzene rings is 1. The number of halogens is 2. The smallest absolute Gasteiger partial charge is 0.268 e. The molecule has 0 saturated heterocycles. The maximum absolute atomic E-state index is 13.9. The molecule has 114 valence electrons. The van der Waals surface area contributed by atoms with E-state index in [4.69, 9.17) is 4.42 Å². The molecular weight excluding hydrogens is 351 g/mol. The van der Waals surface area contributed by atoms with E-state index in [2.05, 4.69) is 26.2 Å². The van der Waals surface area contributed by atoms with E-state index in [9.17, 15) is 9.18 Å². The fourth-order valence-electron chi connectivity index (χ4n) is 2.31. The summed E-state index contributed by atoms with van der Waals surface area (Å²) in [5.74, 6) is 0.771. The third-order valence-electron chi connectivity index (χ3n) is 3.43. The van der Waals surface area contributed by atoms with Crippen LogP contribution in [0.4, 0.5) is 4.39 Å². The predicted octanol–water partition coefficient (Wildman–Crippen LogP) is 4.46. The van der Waals surface area contributed by atoms with Gasteiger partial charge >= 0.3 is 0 Å². The highest BCUT2D eigenvalue weighted by atomic mass is 79.9. The van der Waals surface area contributed by atoms with Crippen molar-refractivity contribution in [2.75, 3.05) is 0 Å². The summed E-state index contributed by atoms with van der Waals surface area (Å²) in [6.07, 6.45) is 0. The van der Waals surface area contributed by atoms with Gasteiger partial charge in [0.2, 0.25) is 0 Å². The van der Waals surface area contributed by atoms with Gasteiger partial charge in [-0.1, -0.05) is 15.9 Å². The standard InChI is InChI=1S/C16H14BrFN2O2/c1-8-3-4-15(22-8)9(2)19-16(21)14-7-11-12(18)5-10(17)6-13(11)20-14/h3-7,9,20H,1-2H3,(H,19,21). The van der Waals surface area contributed by atoms with Crippen LogP contribution in [0.15, 0.2) is 39.2 Å². The molecule has 1 atom stereocenters. The van der Waals surface area contributed by atoms with Gasteiger partial charge in [-0.05, 0) is 44.2 Å². The average Bonchev–Trinajstić information content (AvgIpc) is 3.04. The lowest BCUT2D eigenvalue weighted by Crippen LogP contribution is -2.26. The summed E-state index contributed by atoms with van der Waals surface area (Å²) in [5.41, 5.74) is 0.876. The largest absolute Gasteiger partial charge is 0.464 e. The monoisotopic (exact) mass is 364 g/mol. The molecule has 1 amide bonds. The van der Waals surface area contributed by atoms with Gasteiger partial charge in [-0.3, -0.25) is 4.79 Å². The molecule has 2 N–H and O–H groups in total. The first-order valence-corrected chi connectivity index (χ1v) is 7.58. The number of aromatic amines is 1. The molecule has 3 aromatic rings. The average molecular weight is 365 g/mol. The number of carbonyl (C=O) groups is 1. The molecular formula is C16H14BrFN2O2. The summed E-state index contributed by atoms with van der Waals surface area (Å²) < 4.78 is 20.0. The predicted molar refractivity (Wildman–Crippen MR) is 85.3 cm³/mol. The van der Waals surface area contributed by atoms with Gasteiger partial charge in [0.25, 0.3) is 5.91 Å². The minimum Gasteiger partial charge on any atom is -0.464 e. The molecule has 1 aromatic carbocycles. The minimum atomic E-state index is -0.380. The SMILES string of the molecule is Cc1ccc(C(C)NC(=O)c2cc3c(F)cc(Br)cc3[nH]2)o1. The highest BCUT2D eigenvalue weighted by Crippen LogP contribution is 2.24. The first-order chi connectivity index (χ1) is 10.4. The van der Waals surface area contributed by atoms with Crippen LogP contribution in [0.3, 0.4) is 0 Å². The molecule has 4 nitrogen and oxygen atoms in total. The van der Waals surface area contributed by atoms with Crippen LogP contribution in [-0.4, -0.2) is 10.9 Å². The van der Waals surface area contributed by atoms with Crippen LogP contribution in [0, 0.1) is 12.7 Å². The van der Waals surface area contributed by atoms with Crippen molar-refractivity contribution in [2.45, 2.75) is 19.9 Å². The van der Waals surface area contributed by atoms with Crippen molar-refractivity contribution in [1.29, 1.82) is 0 Å². The van der Waals surface area contributed by atoms with Gasteiger partial charge in [-0.25, -0.2) is 4.39 Å². The van der Waals surface area contributed by atoms with Crippen LogP contribution < -0.4 is 5.32 Å². The van der Waals surface area contributed by atoms with E-state index in [0.717, 1.165) is 5.76 Å². The van der Waals surface area contributed by atoms with Gasteiger partial charge in [-0.2, -0.15) is 0 Å². The lowest BCUT2D eigenvalue weighted by Gasteiger charge is -2.10. The first-order valence-electron chi connectivity index (χ1n) is 6.79. The maximum atomic E-state index is 13.9. The van der Waals surface area contributed by atoms with E-state index in [0.29, 0.717) is 26.8 Å². The Morgan fingerprint density at radius 1 is 1.36 bits per heavy atom. The molecule has 3 rings (SSSR count). The van der Waals surface area contributed by atoms with Crippen LogP contribution >= 0.6 is 15.9 Å². The van der Waals surface area contributed by atoms with E-state index in [-0.39, 0.29) is 17.8 Å². The number of hydrogen-bond acceptors (Lipinski definition) is 2. The normalized spacial score (nSPS) is 12.5. The van der Waals surface area contributed by atoms with Gasteiger partial charge in [0.05, 0.1) is 11.6 Å². The zero-order valence-corrected chi connectivity index (χ0v) is 13.6. The summed E-state index contributed by atoms with van der Waals surface area (Å²) in [4.78, 5) is 15.2. The molecule has 0 fully saturated rings. The Kier molecular flexibility index (Phi) is 3.78. The molecule has 0 bridgehead atoms. The quantitative estimate of drug-likeness (QED) is 0.720. The van der Waals surface area contributed by atoms with Gasteiger partial charge in [0.15, 0.2) is 0 Å². The maximum Gasteiger partial charge on any atom is 0.268 e. The number of carbonyl (C=O) groups excluding carboxylic acids is 1. The van der Waals surface area contributed by atoms with Crippen LogP contribution in [0.1, 0.15) is 35.0 Å². The number of rotatable bonds is 3. The zero-order chi connectivity index (χ0) is 15.9. The highest BCUT2D eigenvalue weighted by molar-refractivity contribution is 9.10. The van der Waals surface area contributed by atoms with Crippen LogP contribution in [0.25, 0.3) is 10.9 Å². The Morgan fingerprint density at radius 3 is 2.82 bits per heavy atom. The fraction of sp³-hybridized carbons (Fsp3) is 0.188. The van der Waals surface area contributed by atoms with E-state index < -0.39 is 0 Å². The number of aromatic nitrogens is 1. The third-order valence-corrected chi connectivity index (χ3v) is 3.89. The number of H-pyrrole nitrogens is 1. The van der Waals surface area contributed by atoms with Crippen molar-refractivity contribution in [1.82, 2.24) is 10.3 Å². The van der Waals surface area contributed by atoms with Crippen LogP contribution in [-0.2, 0) is 0 Å². The number of furan rings is 1. The fourth-order valence-corrected chi connectivity index (χ4v) is 2.74. The van der Waals surface area contributed by atoms with Crippen molar-refractivity contribution in [2.24, 2.45) is 0 Å². The van der Waals surface area contributed by atoms with Crippen LogP contribution in [0.2, 0.25) is 0 Å². The lowest BCUT2D eigenvalue weighted by atomic mass is 10.2. The first kappa shape index (κ1) is 14.8. The number of aryl methyl sites for hydroxylation is 1. The molecule has 2 heterocycles. The lowest BCUT2D eigenvalue weighted by molar-refractivity contribution is 0.0931. The van der Waals surface area contributed by atoms with E-state index in [1.807, 2.05) is 26.0 Å². The van der Waals surface area contributed by atoms with Crippen molar-refractivity contribution in [3.8, 4) is 0 Å². The van der Waals surface area contributed by atoms with E-state index in [1.54, 1.807) is 6.07 Å². The van der Waals surface area contributed by atoms with Gasteiger partial charge in [-0.15, -0.1) is 0 Å². The molecule has 2 aromatic heterocycles. The molecule has 0 aliphatic heterocycles. The molecule has 0 aliphatic carbocycles. The van der Waals surface area contributed by atoms with Gasteiger partial charge < -0.3 is 14.7 Å². The summed E-state index contributed by atoms with van der Waals surface area (Å²) >= 11 is 3.23.